The number of hydrogen-bond acceptors (Lipinski definition) is 7. The molecule has 4 aliphatic rings. The molecule has 10 heteroatoms. The average molecular weight is 618 g/mol. The van der Waals surface area contributed by atoms with Crippen molar-refractivity contribution in [1.29, 1.82) is 0 Å². The highest BCUT2D eigenvalue weighted by Crippen LogP contribution is 2.57. The molecular weight excluding hydrogens is 577 g/mol. The maximum Gasteiger partial charge on any atom is 0.410 e. The van der Waals surface area contributed by atoms with Crippen LogP contribution in [0.5, 0.6) is 0 Å². The van der Waals surface area contributed by atoms with E-state index in [-0.39, 0.29) is 55.9 Å². The fourth-order valence-electron chi connectivity index (χ4n) is 7.13. The molecule has 0 bridgehead atoms. The molecule has 0 unspecified atom stereocenters. The molecule has 1 saturated heterocycles. The van der Waals surface area contributed by atoms with Crippen LogP contribution in [0.4, 0.5) is 14.9 Å². The molecule has 238 valence electrons. The van der Waals surface area contributed by atoms with Crippen LogP contribution in [0.1, 0.15) is 62.5 Å². The third kappa shape index (κ3) is 6.46. The largest absolute Gasteiger partial charge is 0.469 e. The van der Waals surface area contributed by atoms with Crippen molar-refractivity contribution in [3.8, 4) is 0 Å². The smallest absolute Gasteiger partial charge is 0.410 e. The molecule has 2 aromatic rings. The van der Waals surface area contributed by atoms with Crippen molar-refractivity contribution in [2.24, 2.45) is 11.3 Å². The summed E-state index contributed by atoms with van der Waals surface area (Å²) in [5.41, 5.74) is 1.05. The first-order chi connectivity index (χ1) is 21.8. The van der Waals surface area contributed by atoms with E-state index in [2.05, 4.69) is 11.4 Å². The molecule has 2 amide bonds. The van der Waals surface area contributed by atoms with Gasteiger partial charge in [0.25, 0.3) is 0 Å². The Kier molecular flexibility index (Phi) is 8.92. The Balaban J connectivity index is 1.24. The highest BCUT2D eigenvalue weighted by atomic mass is 19.1. The van der Waals surface area contributed by atoms with Crippen LogP contribution in [0, 0.1) is 17.2 Å². The molecule has 6 rings (SSSR count). The average Bonchev–Trinajstić information content (AvgIpc) is 3.35. The van der Waals surface area contributed by atoms with Crippen molar-refractivity contribution in [1.82, 2.24) is 9.80 Å². The van der Waals surface area contributed by atoms with E-state index in [1.165, 1.54) is 23.0 Å². The van der Waals surface area contributed by atoms with E-state index in [0.717, 1.165) is 36.9 Å². The van der Waals surface area contributed by atoms with Crippen molar-refractivity contribution in [3.05, 3.63) is 77.6 Å². The minimum absolute atomic E-state index is 0.0532. The molecular formula is C35H40FN3O6. The monoisotopic (exact) mass is 617 g/mol. The molecule has 2 aromatic carbocycles. The number of para-hydroxylation sites is 1. The van der Waals surface area contributed by atoms with Crippen molar-refractivity contribution < 1.29 is 33.0 Å². The van der Waals surface area contributed by atoms with Crippen LogP contribution in [0.3, 0.4) is 0 Å². The second kappa shape index (κ2) is 13.0. The summed E-state index contributed by atoms with van der Waals surface area (Å²) >= 11 is 0. The fraction of sp³-hybridized carbons (Fsp3) is 0.486. The van der Waals surface area contributed by atoms with Crippen LogP contribution >= 0.6 is 0 Å². The Labute approximate surface area is 262 Å². The van der Waals surface area contributed by atoms with Gasteiger partial charge in [0.2, 0.25) is 5.91 Å². The molecule has 2 fully saturated rings. The summed E-state index contributed by atoms with van der Waals surface area (Å²) in [4.78, 5) is 57.5. The van der Waals surface area contributed by atoms with E-state index >= 15 is 0 Å². The maximum absolute atomic E-state index is 14.3. The number of hydrogen-bond donors (Lipinski definition) is 1. The van der Waals surface area contributed by atoms with Crippen LogP contribution in [0.25, 0.3) is 0 Å². The summed E-state index contributed by atoms with van der Waals surface area (Å²) in [6.45, 7) is 0.374. The number of benzene rings is 2. The Morgan fingerprint density at radius 2 is 1.84 bits per heavy atom. The number of ketones is 1. The van der Waals surface area contributed by atoms with Gasteiger partial charge in [-0.15, -0.1) is 0 Å². The number of Topliss-reactive ketones (excluding diaryl/α,β-unsaturated/α-hetero) is 1. The Hall–Kier alpha value is -4.21. The summed E-state index contributed by atoms with van der Waals surface area (Å²) < 4.78 is 25.4. The molecule has 3 heterocycles. The zero-order valence-corrected chi connectivity index (χ0v) is 25.6. The van der Waals surface area contributed by atoms with E-state index in [9.17, 15) is 23.6 Å². The number of allylic oxidation sites excluding steroid dienone is 2. The zero-order valence-electron chi connectivity index (χ0n) is 25.6. The molecule has 0 radical (unpaired) electrons. The summed E-state index contributed by atoms with van der Waals surface area (Å²) in [5.74, 6) is -1.36. The van der Waals surface area contributed by atoms with Gasteiger partial charge in [-0.05, 0) is 55.4 Å². The Morgan fingerprint density at radius 3 is 2.62 bits per heavy atom. The number of nitrogens with one attached hydrogen (secondary N) is 1. The number of methoxy groups -OCH3 is 1. The summed E-state index contributed by atoms with van der Waals surface area (Å²) in [5, 5.41) is 3.38. The van der Waals surface area contributed by atoms with E-state index < -0.39 is 35.7 Å². The first kappa shape index (κ1) is 30.8. The van der Waals surface area contributed by atoms with E-state index in [4.69, 9.17) is 9.47 Å². The Bertz CT molecular complexity index is 1480. The Morgan fingerprint density at radius 1 is 1.02 bits per heavy atom. The summed E-state index contributed by atoms with van der Waals surface area (Å²) in [6, 6.07) is 12.8. The van der Waals surface area contributed by atoms with Crippen LogP contribution in [-0.4, -0.2) is 65.4 Å². The fourth-order valence-corrected chi connectivity index (χ4v) is 7.13. The summed E-state index contributed by atoms with van der Waals surface area (Å²) in [7, 11) is 1.33. The van der Waals surface area contributed by atoms with Crippen LogP contribution < -0.4 is 5.32 Å². The number of anilines is 1. The van der Waals surface area contributed by atoms with Gasteiger partial charge in [0, 0.05) is 30.6 Å². The molecule has 9 nitrogen and oxygen atoms in total. The van der Waals surface area contributed by atoms with Crippen LogP contribution in [-0.2, 0) is 36.9 Å². The number of fused-ring (bicyclic) bond motifs is 3. The molecule has 0 aromatic heterocycles. The first-order valence-corrected chi connectivity index (χ1v) is 15.9. The molecule has 0 spiro atoms. The van der Waals surface area contributed by atoms with Gasteiger partial charge in [-0.2, -0.15) is 0 Å². The number of esters is 1. The topological polar surface area (TPSA) is 105 Å². The van der Waals surface area contributed by atoms with Gasteiger partial charge in [0.05, 0.1) is 31.7 Å². The zero-order chi connectivity index (χ0) is 31.6. The van der Waals surface area contributed by atoms with Crippen molar-refractivity contribution in [2.75, 3.05) is 19.0 Å². The van der Waals surface area contributed by atoms with Gasteiger partial charge in [-0.25, -0.2) is 9.18 Å². The van der Waals surface area contributed by atoms with Gasteiger partial charge < -0.3 is 19.7 Å². The lowest BCUT2D eigenvalue weighted by Crippen LogP contribution is -2.48. The van der Waals surface area contributed by atoms with Crippen molar-refractivity contribution in [3.63, 3.8) is 0 Å². The predicted octanol–water partition coefficient (Wildman–Crippen LogP) is 5.39. The highest BCUT2D eigenvalue weighted by Gasteiger charge is 2.61. The molecule has 45 heavy (non-hydrogen) atoms. The molecule has 5 atom stereocenters. The van der Waals surface area contributed by atoms with Gasteiger partial charge in [-0.1, -0.05) is 55.3 Å². The lowest BCUT2D eigenvalue weighted by Gasteiger charge is -2.29. The maximum atomic E-state index is 14.3. The number of carbonyl (C=O) groups is 4. The van der Waals surface area contributed by atoms with Gasteiger partial charge in [0.1, 0.15) is 18.0 Å². The van der Waals surface area contributed by atoms with E-state index in [1.54, 1.807) is 12.1 Å². The predicted molar refractivity (Wildman–Crippen MR) is 164 cm³/mol. The molecule has 1 N–H and O–H groups in total. The first-order valence-electron chi connectivity index (χ1n) is 15.9. The molecule has 3 aliphatic heterocycles. The lowest BCUT2D eigenvalue weighted by molar-refractivity contribution is -0.150. The second-order valence-electron chi connectivity index (χ2n) is 12.7. The minimum atomic E-state index is -0.945. The third-order valence-electron chi connectivity index (χ3n) is 9.73. The number of halogens is 1. The van der Waals surface area contributed by atoms with Crippen LogP contribution in [0.15, 0.2) is 60.7 Å². The normalized spacial score (nSPS) is 29.0. The van der Waals surface area contributed by atoms with Crippen LogP contribution in [0.2, 0.25) is 0 Å². The SMILES string of the molecule is COC(=O)[C@]12CC(=O)[C@@H]3C[C@@H](OC(=O)N4Cc5cccc(F)c5C4)CN3C(=O)[C@@H](Nc3ccccc3)CCCCC/C=C\[C@@H]1C2. The highest BCUT2D eigenvalue weighted by molar-refractivity contribution is 5.96. The second-order valence-corrected chi connectivity index (χ2v) is 12.7. The summed E-state index contributed by atoms with van der Waals surface area (Å²) in [6.07, 6.45) is 7.50. The van der Waals surface area contributed by atoms with E-state index in [1.807, 2.05) is 36.4 Å². The number of ether oxygens (including phenoxy) is 2. The van der Waals surface area contributed by atoms with Crippen molar-refractivity contribution >= 4 is 29.4 Å². The number of nitrogens with zero attached hydrogens (tertiary/aromatic N) is 2. The molecule has 1 aliphatic carbocycles. The van der Waals surface area contributed by atoms with Gasteiger partial charge in [0.15, 0.2) is 5.78 Å². The minimum Gasteiger partial charge on any atom is -0.469 e. The third-order valence-corrected chi connectivity index (χ3v) is 9.73. The number of carbonyl (C=O) groups excluding carboxylic acids is 4. The van der Waals surface area contributed by atoms with Gasteiger partial charge in [-0.3, -0.25) is 19.3 Å². The number of rotatable bonds is 4. The van der Waals surface area contributed by atoms with Crippen molar-refractivity contribution in [2.45, 2.75) is 82.6 Å². The van der Waals surface area contributed by atoms with Gasteiger partial charge >= 0.3 is 12.1 Å². The lowest BCUT2D eigenvalue weighted by atomic mass is 9.92. The van der Waals surface area contributed by atoms with E-state index in [0.29, 0.717) is 18.4 Å². The molecule has 1 saturated carbocycles. The standard InChI is InChI=1S/C35H40FN3O6/c1-44-33(42)35-18-24(35)12-6-3-2-4-9-16-29(37-25-13-7-5-8-14-25)32(41)39-21-26(17-30(39)31(40)19-35)45-34(43)38-20-23-11-10-15-28(36)27(23)22-38/h5-8,10-15,24,26,29-30,37H,2-4,9,16-22H2,1H3/b12-6-/t24-,26-,29+,30+,35-/m1/s1. The number of amides is 2. The quantitative estimate of drug-likeness (QED) is 0.363.